The third-order valence-electron chi connectivity index (χ3n) is 2.46. The van der Waals surface area contributed by atoms with E-state index in [9.17, 15) is 4.79 Å². The minimum absolute atomic E-state index is 0.0754. The molecule has 0 aliphatic rings. The number of benzene rings is 1. The molecule has 0 aliphatic heterocycles. The molecule has 0 radical (unpaired) electrons. The van der Waals surface area contributed by atoms with E-state index in [2.05, 4.69) is 5.32 Å². The van der Waals surface area contributed by atoms with Gasteiger partial charge in [0.1, 0.15) is 0 Å². The topological polar surface area (TPSA) is 49.3 Å². The third kappa shape index (κ3) is 4.33. The molecule has 0 aliphatic carbocycles. The quantitative estimate of drug-likeness (QED) is 0.818. The summed E-state index contributed by atoms with van der Waals surface area (Å²) in [6.45, 7) is 1.81. The molecule has 1 aromatic rings. The SMILES string of the molecule is CCC(CO)NC(=O)/C=C/c1cccc(Cl)c1Cl. The van der Waals surface area contributed by atoms with E-state index in [1.54, 1.807) is 24.3 Å². The Morgan fingerprint density at radius 2 is 2.22 bits per heavy atom. The van der Waals surface area contributed by atoms with Crippen molar-refractivity contribution >= 4 is 35.2 Å². The predicted molar refractivity (Wildman–Crippen MR) is 74.8 cm³/mol. The van der Waals surface area contributed by atoms with Crippen LogP contribution in [-0.4, -0.2) is 23.7 Å². The van der Waals surface area contributed by atoms with Crippen LogP contribution in [0.1, 0.15) is 18.9 Å². The second-order valence-corrected chi connectivity index (χ2v) is 4.56. The predicted octanol–water partition coefficient (Wildman–Crippen LogP) is 2.89. The molecule has 2 N–H and O–H groups in total. The van der Waals surface area contributed by atoms with Crippen LogP contribution in [0.4, 0.5) is 0 Å². The summed E-state index contributed by atoms with van der Waals surface area (Å²) in [4.78, 5) is 11.6. The number of amides is 1. The van der Waals surface area contributed by atoms with Crippen molar-refractivity contribution in [3.8, 4) is 0 Å². The van der Waals surface area contributed by atoms with Crippen molar-refractivity contribution in [1.82, 2.24) is 5.32 Å². The second-order valence-electron chi connectivity index (χ2n) is 3.77. The number of hydrogen-bond acceptors (Lipinski definition) is 2. The monoisotopic (exact) mass is 287 g/mol. The number of carbonyl (C=O) groups excluding carboxylic acids is 1. The van der Waals surface area contributed by atoms with Crippen molar-refractivity contribution in [2.24, 2.45) is 0 Å². The Morgan fingerprint density at radius 1 is 1.50 bits per heavy atom. The maximum atomic E-state index is 11.6. The van der Waals surface area contributed by atoms with Crippen molar-refractivity contribution in [3.63, 3.8) is 0 Å². The molecule has 0 bridgehead atoms. The molecule has 0 heterocycles. The van der Waals surface area contributed by atoms with Crippen LogP contribution in [0.3, 0.4) is 0 Å². The minimum atomic E-state index is -0.271. The van der Waals surface area contributed by atoms with Gasteiger partial charge in [-0.2, -0.15) is 0 Å². The molecule has 0 saturated heterocycles. The van der Waals surface area contributed by atoms with Gasteiger partial charge in [-0.1, -0.05) is 42.3 Å². The number of nitrogens with one attached hydrogen (secondary N) is 1. The van der Waals surface area contributed by atoms with Crippen LogP contribution in [0.5, 0.6) is 0 Å². The summed E-state index contributed by atoms with van der Waals surface area (Å²) in [7, 11) is 0. The van der Waals surface area contributed by atoms with Crippen LogP contribution >= 0.6 is 23.2 Å². The molecule has 1 rings (SSSR count). The van der Waals surface area contributed by atoms with Crippen LogP contribution in [0.15, 0.2) is 24.3 Å². The number of rotatable bonds is 5. The molecule has 5 heteroatoms. The molecule has 1 atom stereocenters. The van der Waals surface area contributed by atoms with E-state index in [1.807, 2.05) is 6.92 Å². The lowest BCUT2D eigenvalue weighted by atomic mass is 10.2. The summed E-state index contributed by atoms with van der Waals surface area (Å²) < 4.78 is 0. The third-order valence-corrected chi connectivity index (χ3v) is 3.29. The molecule has 0 fully saturated rings. The number of aliphatic hydroxyl groups is 1. The fourth-order valence-corrected chi connectivity index (χ4v) is 1.71. The minimum Gasteiger partial charge on any atom is -0.394 e. The summed E-state index contributed by atoms with van der Waals surface area (Å²) in [6, 6.07) is 4.98. The van der Waals surface area contributed by atoms with Crippen molar-refractivity contribution in [2.75, 3.05) is 6.61 Å². The van der Waals surface area contributed by atoms with Gasteiger partial charge >= 0.3 is 0 Å². The highest BCUT2D eigenvalue weighted by Gasteiger charge is 2.06. The molecular weight excluding hydrogens is 273 g/mol. The molecule has 1 aromatic carbocycles. The van der Waals surface area contributed by atoms with Gasteiger partial charge in [-0.3, -0.25) is 4.79 Å². The van der Waals surface area contributed by atoms with Crippen LogP contribution in [0, 0.1) is 0 Å². The van der Waals surface area contributed by atoms with E-state index < -0.39 is 0 Å². The number of halogens is 2. The van der Waals surface area contributed by atoms with Crippen LogP contribution in [0.25, 0.3) is 6.08 Å². The fourth-order valence-electron chi connectivity index (χ4n) is 1.34. The van der Waals surface area contributed by atoms with Crippen molar-refractivity contribution < 1.29 is 9.90 Å². The molecule has 98 valence electrons. The van der Waals surface area contributed by atoms with Crippen LogP contribution in [-0.2, 0) is 4.79 Å². The summed E-state index contributed by atoms with van der Waals surface area (Å²) in [5.74, 6) is -0.271. The zero-order valence-electron chi connectivity index (χ0n) is 9.99. The molecule has 3 nitrogen and oxygen atoms in total. The summed E-state index contributed by atoms with van der Waals surface area (Å²) in [6.07, 6.45) is 3.64. The Kier molecular flexibility index (Phi) is 6.19. The van der Waals surface area contributed by atoms with Gasteiger partial charge in [-0.15, -0.1) is 0 Å². The van der Waals surface area contributed by atoms with Gasteiger partial charge in [0.15, 0.2) is 0 Å². The normalized spacial score (nSPS) is 12.7. The van der Waals surface area contributed by atoms with Crippen molar-refractivity contribution in [2.45, 2.75) is 19.4 Å². The van der Waals surface area contributed by atoms with Gasteiger partial charge in [0.05, 0.1) is 22.7 Å². The van der Waals surface area contributed by atoms with Crippen LogP contribution in [0.2, 0.25) is 10.0 Å². The van der Waals surface area contributed by atoms with Gasteiger partial charge in [0.2, 0.25) is 5.91 Å². The maximum Gasteiger partial charge on any atom is 0.244 e. The smallest absolute Gasteiger partial charge is 0.244 e. The summed E-state index contributed by atoms with van der Waals surface area (Å²) in [5, 5.41) is 12.5. The van der Waals surface area contributed by atoms with E-state index in [4.69, 9.17) is 28.3 Å². The molecule has 1 amide bonds. The summed E-state index contributed by atoms with van der Waals surface area (Å²) in [5.41, 5.74) is 0.677. The molecule has 18 heavy (non-hydrogen) atoms. The van der Waals surface area contributed by atoms with Crippen molar-refractivity contribution in [1.29, 1.82) is 0 Å². The number of aliphatic hydroxyl groups excluding tert-OH is 1. The first-order valence-corrected chi connectivity index (χ1v) is 6.37. The number of hydrogen-bond donors (Lipinski definition) is 2. The van der Waals surface area contributed by atoms with Crippen LogP contribution < -0.4 is 5.32 Å². The number of carbonyl (C=O) groups is 1. The Labute approximate surface area is 116 Å². The molecule has 0 aromatic heterocycles. The van der Waals surface area contributed by atoms with E-state index >= 15 is 0 Å². The van der Waals surface area contributed by atoms with Gasteiger partial charge < -0.3 is 10.4 Å². The van der Waals surface area contributed by atoms with Gasteiger partial charge in [-0.25, -0.2) is 0 Å². The van der Waals surface area contributed by atoms with Gasteiger partial charge in [0.25, 0.3) is 0 Å². The zero-order valence-corrected chi connectivity index (χ0v) is 11.5. The first-order valence-electron chi connectivity index (χ1n) is 5.62. The van der Waals surface area contributed by atoms with E-state index in [0.717, 1.165) is 0 Å². The molecule has 1 unspecified atom stereocenters. The Hall–Kier alpha value is -1.03. The first kappa shape index (κ1) is 15.0. The van der Waals surface area contributed by atoms with Gasteiger partial charge in [-0.05, 0) is 24.1 Å². The Bertz CT molecular complexity index is 443. The fraction of sp³-hybridized carbons (Fsp3) is 0.308. The molecule has 0 saturated carbocycles. The highest BCUT2D eigenvalue weighted by Crippen LogP contribution is 2.26. The lowest BCUT2D eigenvalue weighted by Crippen LogP contribution is -2.35. The second kappa shape index (κ2) is 7.41. The largest absolute Gasteiger partial charge is 0.394 e. The summed E-state index contributed by atoms with van der Waals surface area (Å²) >= 11 is 11.8. The van der Waals surface area contributed by atoms with E-state index in [1.165, 1.54) is 6.08 Å². The van der Waals surface area contributed by atoms with Crippen molar-refractivity contribution in [3.05, 3.63) is 39.9 Å². The Balaban J connectivity index is 2.69. The average molecular weight is 288 g/mol. The van der Waals surface area contributed by atoms with E-state index in [-0.39, 0.29) is 18.6 Å². The van der Waals surface area contributed by atoms with E-state index in [0.29, 0.717) is 22.0 Å². The molecule has 0 spiro atoms. The highest BCUT2D eigenvalue weighted by molar-refractivity contribution is 6.42. The lowest BCUT2D eigenvalue weighted by Gasteiger charge is -2.11. The average Bonchev–Trinajstić information content (AvgIpc) is 2.37. The van der Waals surface area contributed by atoms with Gasteiger partial charge in [0, 0.05) is 6.08 Å². The lowest BCUT2D eigenvalue weighted by molar-refractivity contribution is -0.117. The maximum absolute atomic E-state index is 11.6. The Morgan fingerprint density at radius 3 is 2.83 bits per heavy atom. The molecular formula is C13H15Cl2NO2. The zero-order chi connectivity index (χ0) is 13.5. The first-order chi connectivity index (χ1) is 8.58. The highest BCUT2D eigenvalue weighted by atomic mass is 35.5. The standard InChI is InChI=1S/C13H15Cl2NO2/c1-2-10(8-17)16-12(18)7-6-9-4-3-5-11(14)13(9)15/h3-7,10,17H,2,8H2,1H3,(H,16,18)/b7-6+.